The Labute approximate surface area is 158 Å². The smallest absolute Gasteiger partial charge is 0.308 e. The average Bonchev–Trinajstić information content (AvgIpc) is 3.32. The number of halogens is 1. The van der Waals surface area contributed by atoms with Crippen molar-refractivity contribution in [1.82, 2.24) is 14.7 Å². The maximum atomic E-state index is 12.8. The second-order valence-electron chi connectivity index (χ2n) is 6.38. The van der Waals surface area contributed by atoms with E-state index < -0.39 is 11.9 Å². The zero-order valence-corrected chi connectivity index (χ0v) is 15.5. The summed E-state index contributed by atoms with van der Waals surface area (Å²) in [5.74, 6) is -1.43. The van der Waals surface area contributed by atoms with Gasteiger partial charge in [0.1, 0.15) is 4.83 Å². The molecule has 4 rings (SSSR count). The maximum Gasteiger partial charge on any atom is 0.308 e. The van der Waals surface area contributed by atoms with Gasteiger partial charge < -0.3 is 10.0 Å². The number of amides is 1. The number of carboxylic acid groups (broad SMARTS) is 1. The predicted octanol–water partition coefficient (Wildman–Crippen LogP) is 3.60. The topological polar surface area (TPSA) is 75.4 Å². The first-order valence-corrected chi connectivity index (χ1v) is 9.40. The Balaban J connectivity index is 1.68. The molecule has 1 unspecified atom stereocenters. The van der Waals surface area contributed by atoms with Crippen LogP contribution < -0.4 is 0 Å². The number of rotatable bonds is 3. The Morgan fingerprint density at radius 2 is 2.04 bits per heavy atom. The van der Waals surface area contributed by atoms with E-state index in [-0.39, 0.29) is 12.5 Å². The number of carboxylic acids is 1. The Morgan fingerprint density at radius 1 is 1.31 bits per heavy atom. The van der Waals surface area contributed by atoms with E-state index in [0.717, 1.165) is 21.6 Å². The monoisotopic (exact) mass is 389 g/mol. The third-order valence-corrected chi connectivity index (χ3v) is 6.00. The fourth-order valence-corrected chi connectivity index (χ4v) is 4.49. The van der Waals surface area contributed by atoms with Crippen LogP contribution in [-0.2, 0) is 4.79 Å². The standard InChI is InChI=1S/C18H16ClN3O3S/c1-10-14-8-15(16(23)21-7-6-11(9-21)18(24)25)26-17(14)22(20-10)13-4-2-12(19)3-5-13/h2-5,8,11H,6-7,9H2,1H3,(H,24,25). The molecule has 0 bridgehead atoms. The molecule has 1 aliphatic heterocycles. The van der Waals surface area contributed by atoms with Gasteiger partial charge in [0.2, 0.25) is 0 Å². The van der Waals surface area contributed by atoms with E-state index in [1.54, 1.807) is 17.0 Å². The first kappa shape index (κ1) is 17.1. The molecule has 1 aliphatic rings. The Morgan fingerprint density at radius 3 is 2.69 bits per heavy atom. The number of nitrogens with zero attached hydrogens (tertiary/aromatic N) is 3. The maximum absolute atomic E-state index is 12.8. The summed E-state index contributed by atoms with van der Waals surface area (Å²) in [6.45, 7) is 2.66. The number of carbonyl (C=O) groups is 2. The number of benzene rings is 1. The van der Waals surface area contributed by atoms with Crippen molar-refractivity contribution in [3.8, 4) is 5.69 Å². The van der Waals surface area contributed by atoms with Crippen LogP contribution in [0.4, 0.5) is 0 Å². The minimum atomic E-state index is -0.842. The third-order valence-electron chi connectivity index (χ3n) is 4.65. The summed E-state index contributed by atoms with van der Waals surface area (Å²) in [5.41, 5.74) is 1.72. The molecule has 3 heterocycles. The molecule has 2 aromatic heterocycles. The molecule has 0 aliphatic carbocycles. The van der Waals surface area contributed by atoms with Gasteiger partial charge in [0.25, 0.3) is 5.91 Å². The molecule has 3 aromatic rings. The lowest BCUT2D eigenvalue weighted by Crippen LogP contribution is -2.29. The van der Waals surface area contributed by atoms with Crippen molar-refractivity contribution >= 4 is 45.0 Å². The summed E-state index contributed by atoms with van der Waals surface area (Å²) in [6.07, 6.45) is 0.504. The Bertz CT molecular complexity index is 1010. The fraction of sp³-hybridized carbons (Fsp3) is 0.278. The highest BCUT2D eigenvalue weighted by Crippen LogP contribution is 2.32. The van der Waals surface area contributed by atoms with E-state index in [9.17, 15) is 9.59 Å². The molecule has 1 saturated heterocycles. The van der Waals surface area contributed by atoms with Gasteiger partial charge in [0, 0.05) is 23.5 Å². The molecule has 0 radical (unpaired) electrons. The summed E-state index contributed by atoms with van der Waals surface area (Å²) < 4.78 is 1.81. The molecular weight excluding hydrogens is 374 g/mol. The predicted molar refractivity (Wildman–Crippen MR) is 100 cm³/mol. The van der Waals surface area contributed by atoms with E-state index in [4.69, 9.17) is 16.7 Å². The molecular formula is C18H16ClN3O3S. The van der Waals surface area contributed by atoms with Gasteiger partial charge in [0.05, 0.1) is 22.2 Å². The van der Waals surface area contributed by atoms with Gasteiger partial charge in [-0.25, -0.2) is 4.68 Å². The zero-order chi connectivity index (χ0) is 18.4. The quantitative estimate of drug-likeness (QED) is 0.742. The Kier molecular flexibility index (Phi) is 4.20. The van der Waals surface area contributed by atoms with Crippen molar-refractivity contribution < 1.29 is 14.7 Å². The zero-order valence-electron chi connectivity index (χ0n) is 14.0. The highest BCUT2D eigenvalue weighted by molar-refractivity contribution is 7.20. The van der Waals surface area contributed by atoms with Gasteiger partial charge in [-0.05, 0) is 43.7 Å². The van der Waals surface area contributed by atoms with Crippen molar-refractivity contribution in [2.45, 2.75) is 13.3 Å². The summed E-state index contributed by atoms with van der Waals surface area (Å²) in [4.78, 5) is 27.0. The van der Waals surface area contributed by atoms with Gasteiger partial charge >= 0.3 is 5.97 Å². The van der Waals surface area contributed by atoms with E-state index in [1.807, 2.05) is 29.8 Å². The minimum Gasteiger partial charge on any atom is -0.481 e. The number of fused-ring (bicyclic) bond motifs is 1. The molecule has 0 spiro atoms. The van der Waals surface area contributed by atoms with Crippen LogP contribution in [0.3, 0.4) is 0 Å². The number of thiophene rings is 1. The van der Waals surface area contributed by atoms with Crippen LogP contribution in [0.25, 0.3) is 15.9 Å². The largest absolute Gasteiger partial charge is 0.481 e. The number of hydrogen-bond acceptors (Lipinski definition) is 4. The van der Waals surface area contributed by atoms with Crippen LogP contribution >= 0.6 is 22.9 Å². The molecule has 0 saturated carbocycles. The van der Waals surface area contributed by atoms with E-state index in [2.05, 4.69) is 5.10 Å². The van der Waals surface area contributed by atoms with Gasteiger partial charge in [-0.1, -0.05) is 11.6 Å². The molecule has 1 aromatic carbocycles. The van der Waals surface area contributed by atoms with Gasteiger partial charge in [0.15, 0.2) is 0 Å². The van der Waals surface area contributed by atoms with E-state index >= 15 is 0 Å². The number of hydrogen-bond donors (Lipinski definition) is 1. The second kappa shape index (κ2) is 6.41. The third kappa shape index (κ3) is 2.87. The lowest BCUT2D eigenvalue weighted by molar-refractivity contribution is -0.141. The fourth-order valence-electron chi connectivity index (χ4n) is 3.21. The van der Waals surface area contributed by atoms with Crippen molar-refractivity contribution in [2.24, 2.45) is 5.92 Å². The van der Waals surface area contributed by atoms with Crippen LogP contribution in [0.2, 0.25) is 5.02 Å². The molecule has 6 nitrogen and oxygen atoms in total. The summed E-state index contributed by atoms with van der Waals surface area (Å²) >= 11 is 7.33. The van der Waals surface area contributed by atoms with Gasteiger partial charge in [-0.2, -0.15) is 5.10 Å². The number of aliphatic carboxylic acids is 1. The first-order valence-electron chi connectivity index (χ1n) is 8.21. The van der Waals surface area contributed by atoms with Crippen molar-refractivity contribution in [1.29, 1.82) is 0 Å². The van der Waals surface area contributed by atoms with Crippen LogP contribution in [-0.4, -0.2) is 44.8 Å². The van der Waals surface area contributed by atoms with Crippen molar-refractivity contribution in [2.75, 3.05) is 13.1 Å². The normalized spacial score (nSPS) is 17.2. The first-order chi connectivity index (χ1) is 12.4. The van der Waals surface area contributed by atoms with Crippen molar-refractivity contribution in [3.63, 3.8) is 0 Å². The summed E-state index contributed by atoms with van der Waals surface area (Å²) in [7, 11) is 0. The van der Waals surface area contributed by atoms with Crippen LogP contribution in [0, 0.1) is 12.8 Å². The highest BCUT2D eigenvalue weighted by Gasteiger charge is 2.32. The minimum absolute atomic E-state index is 0.114. The van der Waals surface area contributed by atoms with E-state index in [1.165, 1.54) is 11.3 Å². The van der Waals surface area contributed by atoms with Crippen LogP contribution in [0.5, 0.6) is 0 Å². The molecule has 1 amide bonds. The van der Waals surface area contributed by atoms with E-state index in [0.29, 0.717) is 22.9 Å². The molecule has 134 valence electrons. The number of aromatic nitrogens is 2. The van der Waals surface area contributed by atoms with Crippen LogP contribution in [0.15, 0.2) is 30.3 Å². The Hall–Kier alpha value is -2.38. The SMILES string of the molecule is Cc1nn(-c2ccc(Cl)cc2)c2sc(C(=O)N3CCC(C(=O)O)C3)cc12. The molecule has 1 fully saturated rings. The van der Waals surface area contributed by atoms with Gasteiger partial charge in [-0.3, -0.25) is 9.59 Å². The highest BCUT2D eigenvalue weighted by atomic mass is 35.5. The average molecular weight is 390 g/mol. The van der Waals surface area contributed by atoms with Crippen LogP contribution in [0.1, 0.15) is 21.8 Å². The lowest BCUT2D eigenvalue weighted by Gasteiger charge is -2.14. The lowest BCUT2D eigenvalue weighted by atomic mass is 10.1. The number of aryl methyl sites for hydroxylation is 1. The molecule has 26 heavy (non-hydrogen) atoms. The van der Waals surface area contributed by atoms with Gasteiger partial charge in [-0.15, -0.1) is 11.3 Å². The molecule has 1 N–H and O–H groups in total. The second-order valence-corrected chi connectivity index (χ2v) is 7.85. The number of likely N-dealkylation sites (tertiary alicyclic amines) is 1. The van der Waals surface area contributed by atoms with Crippen molar-refractivity contribution in [3.05, 3.63) is 45.9 Å². The summed E-state index contributed by atoms with van der Waals surface area (Å²) in [5, 5.41) is 15.3. The molecule has 1 atom stereocenters. The summed E-state index contributed by atoms with van der Waals surface area (Å²) in [6, 6.07) is 9.22. The number of carbonyl (C=O) groups excluding carboxylic acids is 1. The molecule has 8 heteroatoms.